The van der Waals surface area contributed by atoms with Gasteiger partial charge in [0.05, 0.1) is 24.6 Å². The smallest absolute Gasteiger partial charge is 0.309 e. The van der Waals surface area contributed by atoms with Crippen LogP contribution in [0.2, 0.25) is 0 Å². The van der Waals surface area contributed by atoms with E-state index in [0.29, 0.717) is 12.1 Å². The van der Waals surface area contributed by atoms with Gasteiger partial charge < -0.3 is 10.1 Å². The van der Waals surface area contributed by atoms with E-state index in [1.54, 1.807) is 6.07 Å². The Morgan fingerprint density at radius 2 is 2.06 bits per heavy atom. The molecule has 0 heterocycles. The Bertz CT molecular complexity index is 461. The highest BCUT2D eigenvalue weighted by molar-refractivity contribution is 9.10. The molecule has 2 atom stereocenters. The van der Waals surface area contributed by atoms with Crippen LogP contribution in [0.5, 0.6) is 0 Å². The molecule has 1 N–H and O–H groups in total. The number of ether oxygens (including phenoxy) is 1. The molecule has 1 aromatic carbocycles. The zero-order valence-electron chi connectivity index (χ0n) is 9.27. The number of halogens is 1. The molecule has 1 aliphatic carbocycles. The summed E-state index contributed by atoms with van der Waals surface area (Å²) in [4.78, 5) is 23.0. The highest BCUT2D eigenvalue weighted by atomic mass is 79.9. The van der Waals surface area contributed by atoms with Crippen LogP contribution in [-0.2, 0) is 14.3 Å². The number of nitrogens with one attached hydrogen (secondary N) is 1. The number of anilines is 1. The molecule has 0 aromatic heterocycles. The molecular weight excluding hydrogens is 286 g/mol. The van der Waals surface area contributed by atoms with Crippen molar-refractivity contribution in [1.82, 2.24) is 0 Å². The maximum atomic E-state index is 11.8. The Hall–Kier alpha value is -1.36. The van der Waals surface area contributed by atoms with Gasteiger partial charge >= 0.3 is 5.97 Å². The Labute approximate surface area is 107 Å². The predicted octanol–water partition coefficient (Wildman–Crippen LogP) is 2.20. The molecule has 0 saturated heterocycles. The maximum absolute atomic E-state index is 11.8. The zero-order valence-corrected chi connectivity index (χ0v) is 10.9. The fraction of sp³-hybridized carbons (Fsp3) is 0.333. The molecule has 4 nitrogen and oxygen atoms in total. The van der Waals surface area contributed by atoms with Crippen molar-refractivity contribution in [2.24, 2.45) is 11.8 Å². The van der Waals surface area contributed by atoms with Gasteiger partial charge in [0.15, 0.2) is 0 Å². The van der Waals surface area contributed by atoms with E-state index in [9.17, 15) is 9.59 Å². The number of carbonyl (C=O) groups excluding carboxylic acids is 2. The van der Waals surface area contributed by atoms with Crippen molar-refractivity contribution in [1.29, 1.82) is 0 Å². The van der Waals surface area contributed by atoms with Crippen molar-refractivity contribution in [3.8, 4) is 0 Å². The summed E-state index contributed by atoms with van der Waals surface area (Å²) in [6, 6.07) is 7.36. The number of methoxy groups -OCH3 is 1. The van der Waals surface area contributed by atoms with Gasteiger partial charge in [-0.05, 0) is 34.5 Å². The van der Waals surface area contributed by atoms with Crippen molar-refractivity contribution >= 4 is 33.5 Å². The second-order valence-electron chi connectivity index (χ2n) is 3.94. The van der Waals surface area contributed by atoms with E-state index in [1.807, 2.05) is 18.2 Å². The Balaban J connectivity index is 1.96. The molecule has 1 aromatic rings. The molecule has 5 heteroatoms. The number of esters is 1. The van der Waals surface area contributed by atoms with Gasteiger partial charge in [0.1, 0.15) is 0 Å². The molecule has 0 aliphatic heterocycles. The number of rotatable bonds is 3. The van der Waals surface area contributed by atoms with Crippen molar-refractivity contribution in [2.45, 2.75) is 6.42 Å². The summed E-state index contributed by atoms with van der Waals surface area (Å²) in [5.41, 5.74) is 0.716. The van der Waals surface area contributed by atoms with E-state index >= 15 is 0 Å². The van der Waals surface area contributed by atoms with Crippen molar-refractivity contribution in [2.75, 3.05) is 12.4 Å². The van der Waals surface area contributed by atoms with Gasteiger partial charge in [-0.2, -0.15) is 0 Å². The lowest BCUT2D eigenvalue weighted by molar-refractivity contribution is -0.143. The number of amides is 1. The number of carbonyl (C=O) groups is 2. The third-order valence-corrected chi connectivity index (χ3v) is 3.45. The van der Waals surface area contributed by atoms with Gasteiger partial charge in [-0.1, -0.05) is 12.1 Å². The molecule has 0 radical (unpaired) electrons. The summed E-state index contributed by atoms with van der Waals surface area (Å²) < 4.78 is 5.42. The van der Waals surface area contributed by atoms with Crippen LogP contribution in [0.1, 0.15) is 6.42 Å². The molecule has 0 spiro atoms. The number of hydrogen-bond acceptors (Lipinski definition) is 3. The highest BCUT2D eigenvalue weighted by Gasteiger charge is 2.49. The maximum Gasteiger partial charge on any atom is 0.309 e. The lowest BCUT2D eigenvalue weighted by Crippen LogP contribution is -2.17. The lowest BCUT2D eigenvalue weighted by atomic mass is 10.2. The normalized spacial score (nSPS) is 21.8. The fourth-order valence-electron chi connectivity index (χ4n) is 1.68. The molecule has 0 bridgehead atoms. The monoisotopic (exact) mass is 297 g/mol. The zero-order chi connectivity index (χ0) is 12.4. The fourth-order valence-corrected chi connectivity index (χ4v) is 2.07. The van der Waals surface area contributed by atoms with Crippen LogP contribution in [0, 0.1) is 11.8 Å². The molecule has 2 rings (SSSR count). The molecule has 90 valence electrons. The number of hydrogen-bond donors (Lipinski definition) is 1. The van der Waals surface area contributed by atoms with Gasteiger partial charge in [0, 0.05) is 4.47 Å². The average Bonchev–Trinajstić information content (AvgIpc) is 3.11. The van der Waals surface area contributed by atoms with Gasteiger partial charge in [0.2, 0.25) is 5.91 Å². The molecule has 17 heavy (non-hydrogen) atoms. The standard InChI is InChI=1S/C12H12BrNO3/c1-17-12(16)8-6-7(8)11(15)14-10-5-3-2-4-9(10)13/h2-5,7-8H,6H2,1H3,(H,14,15)/t7-,8-/m0/s1. The summed E-state index contributed by atoms with van der Waals surface area (Å²) in [5.74, 6) is -0.971. The van der Waals surface area contributed by atoms with Crippen LogP contribution in [0.3, 0.4) is 0 Å². The summed E-state index contributed by atoms with van der Waals surface area (Å²) in [5, 5.41) is 2.79. The minimum atomic E-state index is -0.308. The van der Waals surface area contributed by atoms with Crippen LogP contribution in [0.15, 0.2) is 28.7 Å². The minimum absolute atomic E-state index is 0.132. The van der Waals surface area contributed by atoms with E-state index < -0.39 is 0 Å². The van der Waals surface area contributed by atoms with E-state index in [4.69, 9.17) is 0 Å². The van der Waals surface area contributed by atoms with Crippen molar-refractivity contribution < 1.29 is 14.3 Å². The summed E-state index contributed by atoms with van der Waals surface area (Å²) in [6.45, 7) is 0. The van der Waals surface area contributed by atoms with Gasteiger partial charge in [0.25, 0.3) is 0 Å². The Kier molecular flexibility index (Phi) is 3.47. The van der Waals surface area contributed by atoms with Crippen molar-refractivity contribution in [3.63, 3.8) is 0 Å². The molecule has 1 fully saturated rings. The van der Waals surface area contributed by atoms with E-state index in [1.165, 1.54) is 7.11 Å². The second-order valence-corrected chi connectivity index (χ2v) is 4.80. The first-order chi connectivity index (χ1) is 8.13. The van der Waals surface area contributed by atoms with Crippen LogP contribution < -0.4 is 5.32 Å². The van der Waals surface area contributed by atoms with Crippen LogP contribution in [0.4, 0.5) is 5.69 Å². The Morgan fingerprint density at radius 3 is 2.71 bits per heavy atom. The van der Waals surface area contributed by atoms with Gasteiger partial charge in [-0.3, -0.25) is 9.59 Å². The van der Waals surface area contributed by atoms with Crippen LogP contribution in [-0.4, -0.2) is 19.0 Å². The van der Waals surface area contributed by atoms with E-state index in [-0.39, 0.29) is 23.7 Å². The minimum Gasteiger partial charge on any atom is -0.469 e. The summed E-state index contributed by atoms with van der Waals surface area (Å²) in [7, 11) is 1.34. The van der Waals surface area contributed by atoms with Gasteiger partial charge in [-0.25, -0.2) is 0 Å². The summed E-state index contributed by atoms with van der Waals surface area (Å²) in [6.07, 6.45) is 0.572. The molecule has 1 aliphatic rings. The topological polar surface area (TPSA) is 55.4 Å². The average molecular weight is 298 g/mol. The molecule has 1 saturated carbocycles. The molecular formula is C12H12BrNO3. The third-order valence-electron chi connectivity index (χ3n) is 2.76. The Morgan fingerprint density at radius 1 is 1.35 bits per heavy atom. The molecule has 0 unspecified atom stereocenters. The third kappa shape index (κ3) is 2.66. The van der Waals surface area contributed by atoms with E-state index in [2.05, 4.69) is 26.0 Å². The number of benzene rings is 1. The first-order valence-corrected chi connectivity index (χ1v) is 6.06. The second kappa shape index (κ2) is 4.87. The van der Waals surface area contributed by atoms with E-state index in [0.717, 1.165) is 4.47 Å². The predicted molar refractivity (Wildman–Crippen MR) is 66.4 cm³/mol. The SMILES string of the molecule is COC(=O)[C@H]1C[C@@H]1C(=O)Nc1ccccc1Br. The first kappa shape index (κ1) is 12.1. The van der Waals surface area contributed by atoms with Gasteiger partial charge in [-0.15, -0.1) is 0 Å². The quantitative estimate of drug-likeness (QED) is 0.870. The largest absolute Gasteiger partial charge is 0.469 e. The van der Waals surface area contributed by atoms with Crippen LogP contribution >= 0.6 is 15.9 Å². The highest BCUT2D eigenvalue weighted by Crippen LogP contribution is 2.40. The lowest BCUT2D eigenvalue weighted by Gasteiger charge is -2.06. The van der Waals surface area contributed by atoms with Crippen molar-refractivity contribution in [3.05, 3.63) is 28.7 Å². The molecule has 1 amide bonds. The summed E-state index contributed by atoms with van der Waals surface area (Å²) >= 11 is 3.35. The number of para-hydroxylation sites is 1. The first-order valence-electron chi connectivity index (χ1n) is 5.26. The van der Waals surface area contributed by atoms with Crippen LogP contribution in [0.25, 0.3) is 0 Å².